The summed E-state index contributed by atoms with van der Waals surface area (Å²) in [6, 6.07) is 3.96. The Balaban J connectivity index is -0.0000000167. The normalized spacial score (nSPS) is 8.00. The number of allylic oxidation sites excluding steroid dienone is 4. The number of hydrogen-bond acceptors (Lipinski definition) is 0. The Morgan fingerprint density at radius 2 is 1.59 bits per heavy atom. The van der Waals surface area contributed by atoms with Gasteiger partial charge in [-0.25, -0.2) is 18.2 Å². The molecule has 1 aromatic rings. The molecule has 0 bridgehead atoms. The third kappa shape index (κ3) is 31.5. The van der Waals surface area contributed by atoms with Crippen molar-refractivity contribution in [3.63, 3.8) is 0 Å². The maximum Gasteiger partial charge on any atom is 0 e. The summed E-state index contributed by atoms with van der Waals surface area (Å²) in [7, 11) is 0.823. The van der Waals surface area contributed by atoms with E-state index < -0.39 is 0 Å². The van der Waals surface area contributed by atoms with Gasteiger partial charge in [0.1, 0.15) is 0 Å². The van der Waals surface area contributed by atoms with Crippen molar-refractivity contribution in [2.45, 2.75) is 6.42 Å². The van der Waals surface area contributed by atoms with Gasteiger partial charge in [-0.15, -0.1) is 31.2 Å². The molecule has 1 atom stereocenters. The third-order valence-corrected chi connectivity index (χ3v) is 1.72. The van der Waals surface area contributed by atoms with Crippen LogP contribution in [-0.4, -0.2) is 0 Å². The van der Waals surface area contributed by atoms with Gasteiger partial charge in [-0.3, -0.25) is 14.3 Å². The predicted octanol–water partition coefficient (Wildman–Crippen LogP) is 5.47. The maximum absolute atomic E-state index is 3.01. The fourth-order valence-corrected chi connectivity index (χ4v) is 1.06. The van der Waals surface area contributed by atoms with Crippen LogP contribution in [-0.2, 0) is 26.2 Å². The van der Waals surface area contributed by atoms with Crippen LogP contribution in [0.15, 0.2) is 36.2 Å². The second kappa shape index (κ2) is 36.0. The largest absolute Gasteiger partial charge is 0.358 e. The molecule has 1 unspecified atom stereocenters. The van der Waals surface area contributed by atoms with Crippen molar-refractivity contribution in [2.75, 3.05) is 0 Å². The Morgan fingerprint density at radius 3 is 1.71 bits per heavy atom. The van der Waals surface area contributed by atoms with Crippen molar-refractivity contribution < 1.29 is 26.2 Å². The van der Waals surface area contributed by atoms with E-state index in [-0.39, 0.29) is 80.7 Å². The summed E-state index contributed by atoms with van der Waals surface area (Å²) >= 11 is 0. The van der Waals surface area contributed by atoms with Gasteiger partial charge in [0.15, 0.2) is 0 Å². The molecule has 0 saturated heterocycles. The van der Waals surface area contributed by atoms with Crippen LogP contribution >= 0.6 is 33.0 Å². The van der Waals surface area contributed by atoms with Gasteiger partial charge < -0.3 is 29.7 Å². The zero-order chi connectivity index (χ0) is 7.07. The van der Waals surface area contributed by atoms with Crippen LogP contribution in [0.4, 0.5) is 0 Å². The Kier molecular flexibility index (Phi) is 91.2. The molecular formula is C13H23Cl2PZr-6. The number of halogens is 2. The Bertz CT molecular complexity index is 182. The Labute approximate surface area is 142 Å². The first-order chi connectivity index (χ1) is 5.00. The molecule has 0 aliphatic heterocycles. The Hall–Kier alpha value is 0.723. The molecule has 0 nitrogen and oxygen atoms in total. The first-order valence-electron chi connectivity index (χ1n) is 3.21. The quantitative estimate of drug-likeness (QED) is 0.530. The summed E-state index contributed by atoms with van der Waals surface area (Å²) in [5.41, 5.74) is 0. The second-order valence-electron chi connectivity index (χ2n) is 1.82. The van der Waals surface area contributed by atoms with Crippen molar-refractivity contribution in [1.29, 1.82) is 0 Å². The molecule has 1 heterocycles. The topological polar surface area (TPSA) is 0 Å². The molecule has 0 radical (unpaired) electrons. The van der Waals surface area contributed by atoms with Gasteiger partial charge in [-0.05, 0) is 0 Å². The Morgan fingerprint density at radius 1 is 1.00 bits per heavy atom. The van der Waals surface area contributed by atoms with Crippen LogP contribution in [0.25, 0.3) is 0 Å². The van der Waals surface area contributed by atoms with E-state index in [1.807, 2.05) is 24.3 Å². The van der Waals surface area contributed by atoms with E-state index in [0.717, 1.165) is 14.6 Å². The molecule has 104 valence electrons. The molecule has 2 rings (SSSR count). The summed E-state index contributed by atoms with van der Waals surface area (Å²) in [4.78, 5) is 0. The van der Waals surface area contributed by atoms with Gasteiger partial charge in [0.2, 0.25) is 0 Å². The average Bonchev–Trinajstić information content (AvgIpc) is 2.67. The van der Waals surface area contributed by atoms with Gasteiger partial charge in [0, 0.05) is 26.2 Å². The zero-order valence-corrected chi connectivity index (χ0v) is 16.1. The smallest absolute Gasteiger partial charge is 0 e. The SMILES string of the molecule is Cl.Cl.[C-]1=CC=CC1.[CH3-].[CH3-].[CH3-].[CH3-].[Zr].[c-]1ccc[pH]1. The molecule has 1 aliphatic rings. The molecule has 1 aromatic heterocycles. The fourth-order valence-electron chi connectivity index (χ4n) is 0.581. The predicted molar refractivity (Wildman–Crippen MR) is 86.5 cm³/mol. The van der Waals surface area contributed by atoms with Crippen LogP contribution in [0.2, 0.25) is 0 Å². The molecule has 17 heavy (non-hydrogen) atoms. The monoisotopic (exact) mass is 370 g/mol. The van der Waals surface area contributed by atoms with Crippen LogP contribution in [0.3, 0.4) is 0 Å². The fraction of sp³-hybridized carbons (Fsp3) is 0.0769. The summed E-state index contributed by atoms with van der Waals surface area (Å²) in [6.45, 7) is 0. The summed E-state index contributed by atoms with van der Waals surface area (Å²) in [6.07, 6.45) is 10.0. The molecule has 0 saturated carbocycles. The van der Waals surface area contributed by atoms with Gasteiger partial charge in [-0.1, -0.05) is 0 Å². The van der Waals surface area contributed by atoms with Gasteiger partial charge in [0.25, 0.3) is 0 Å². The summed E-state index contributed by atoms with van der Waals surface area (Å²) < 4.78 is 0. The van der Waals surface area contributed by atoms with E-state index in [0.29, 0.717) is 0 Å². The van der Waals surface area contributed by atoms with Crippen molar-refractivity contribution in [1.82, 2.24) is 0 Å². The molecule has 0 fully saturated rings. The van der Waals surface area contributed by atoms with Gasteiger partial charge >= 0.3 is 0 Å². The van der Waals surface area contributed by atoms with E-state index in [2.05, 4.69) is 23.7 Å². The van der Waals surface area contributed by atoms with Crippen LogP contribution < -0.4 is 0 Å². The summed E-state index contributed by atoms with van der Waals surface area (Å²) in [5, 5.41) is 0. The maximum atomic E-state index is 3.01. The van der Waals surface area contributed by atoms with Crippen LogP contribution in [0, 0.1) is 41.6 Å². The number of hydrogen-bond donors (Lipinski definition) is 0. The molecule has 1 aliphatic carbocycles. The van der Waals surface area contributed by atoms with Crippen LogP contribution in [0.1, 0.15) is 6.42 Å². The minimum absolute atomic E-state index is 0. The molecule has 0 N–H and O–H groups in total. The number of rotatable bonds is 0. The molecule has 0 amide bonds. The van der Waals surface area contributed by atoms with E-state index >= 15 is 0 Å². The minimum atomic E-state index is 0. The minimum Gasteiger partial charge on any atom is -0.358 e. The van der Waals surface area contributed by atoms with Crippen molar-refractivity contribution in [3.8, 4) is 0 Å². The first kappa shape index (κ1) is 43.1. The summed E-state index contributed by atoms with van der Waals surface area (Å²) in [5.74, 6) is 5.11. The molecule has 4 heteroatoms. The molecular weight excluding hydrogens is 349 g/mol. The van der Waals surface area contributed by atoms with E-state index in [4.69, 9.17) is 0 Å². The molecule has 0 aromatic carbocycles. The second-order valence-corrected chi connectivity index (χ2v) is 2.73. The van der Waals surface area contributed by atoms with E-state index in [1.54, 1.807) is 0 Å². The zero-order valence-electron chi connectivity index (χ0n) is 11.0. The average molecular weight is 372 g/mol. The molecule has 0 spiro atoms. The van der Waals surface area contributed by atoms with E-state index in [1.165, 1.54) is 0 Å². The standard InChI is InChI=1S/C5H5.C4H4P.4CH3.2ClH.Zr/c2*1-2-4-5-3-1;;;;;;;/h1-3H,4H2;1-3,5H;4*1H3;2*1H;/q6*-1;;;. The van der Waals surface area contributed by atoms with Crippen molar-refractivity contribution in [3.05, 3.63) is 77.7 Å². The van der Waals surface area contributed by atoms with Crippen molar-refractivity contribution in [2.24, 2.45) is 0 Å². The van der Waals surface area contributed by atoms with Crippen LogP contribution in [0.5, 0.6) is 0 Å². The van der Waals surface area contributed by atoms with E-state index in [9.17, 15) is 0 Å². The third-order valence-electron chi connectivity index (χ3n) is 1.03. The van der Waals surface area contributed by atoms with Gasteiger partial charge in [0.05, 0.1) is 0 Å². The first-order valence-corrected chi connectivity index (χ1v) is 4.29. The van der Waals surface area contributed by atoms with Gasteiger partial charge in [-0.2, -0.15) is 23.7 Å². The van der Waals surface area contributed by atoms with Crippen molar-refractivity contribution >= 4 is 33.0 Å².